The third kappa shape index (κ3) is 12.3. The molecule has 13 heteroatoms. The molecule has 0 bridgehead atoms. The van der Waals surface area contributed by atoms with E-state index in [2.05, 4.69) is 5.32 Å². The molecule has 0 radical (unpaired) electrons. The number of hydrogen-bond acceptors (Lipinski definition) is 10. The van der Waals surface area contributed by atoms with Crippen molar-refractivity contribution in [3.63, 3.8) is 0 Å². The van der Waals surface area contributed by atoms with Crippen LogP contribution < -0.4 is 5.32 Å². The molecule has 0 saturated heterocycles. The number of ether oxygens (including phenoxy) is 7. The maximum absolute atomic E-state index is 13.2. The predicted octanol–water partition coefficient (Wildman–Crippen LogP) is 2.56. The normalized spacial score (nSPS) is 12.7. The number of nitrogens with one attached hydrogen (secondary N) is 1. The number of methoxy groups -OCH3 is 2. The number of rotatable bonds is 24. The maximum atomic E-state index is 13.2. The number of carbonyl (C=O) groups excluding carboxylic acids is 2. The lowest BCUT2D eigenvalue weighted by Gasteiger charge is -2.24. The first-order valence-electron chi connectivity index (χ1n) is 15.4. The number of benzene rings is 2. The number of nitrogens with zero attached hydrogens (tertiary/aromatic N) is 1. The van der Waals surface area contributed by atoms with Gasteiger partial charge in [0.05, 0.1) is 72.5 Å². The van der Waals surface area contributed by atoms with Gasteiger partial charge in [0.15, 0.2) is 0 Å². The summed E-state index contributed by atoms with van der Waals surface area (Å²) in [5.74, 6) is -2.02. The molecular formula is C33H46N2O11. The Morgan fingerprint density at radius 1 is 0.717 bits per heavy atom. The highest BCUT2D eigenvalue weighted by molar-refractivity contribution is 5.87. The van der Waals surface area contributed by atoms with Crippen LogP contribution in [0.25, 0.3) is 11.1 Å². The van der Waals surface area contributed by atoms with Crippen LogP contribution in [-0.4, -0.2) is 134 Å². The number of carboxylic acid groups (broad SMARTS) is 1. The topological polar surface area (TPSA) is 151 Å². The summed E-state index contributed by atoms with van der Waals surface area (Å²) in [6.07, 6.45) is -1.39. The Hall–Kier alpha value is -3.59. The molecule has 0 aliphatic heterocycles. The van der Waals surface area contributed by atoms with E-state index < -0.39 is 30.4 Å². The van der Waals surface area contributed by atoms with Crippen molar-refractivity contribution >= 4 is 18.0 Å². The van der Waals surface area contributed by atoms with Crippen LogP contribution in [0, 0.1) is 0 Å². The van der Waals surface area contributed by atoms with E-state index in [0.29, 0.717) is 52.9 Å². The molecule has 1 atom stereocenters. The molecule has 0 aromatic heterocycles. The zero-order valence-electron chi connectivity index (χ0n) is 26.6. The van der Waals surface area contributed by atoms with E-state index in [-0.39, 0.29) is 38.8 Å². The largest absolute Gasteiger partial charge is 0.480 e. The Kier molecular flexibility index (Phi) is 17.0. The summed E-state index contributed by atoms with van der Waals surface area (Å²) in [6, 6.07) is 14.3. The molecule has 1 aliphatic rings. The standard InChI is InChI=1S/C33H46N2O11/c1-40-15-17-44-21-19-42-13-11-35(12-14-43-20-22-45-18-16-41-2)31(36)23-30(32(37)38)34-33(39)46-24-29-27-9-5-3-7-25(27)26-8-4-6-10-28(26)29/h3-10,29-30H,11-24H2,1-2H3,(H,34,39)(H,37,38)/t30-/m0/s1. The summed E-state index contributed by atoms with van der Waals surface area (Å²) in [5.41, 5.74) is 4.21. The van der Waals surface area contributed by atoms with E-state index in [1.807, 2.05) is 48.5 Å². The maximum Gasteiger partial charge on any atom is 0.407 e. The highest BCUT2D eigenvalue weighted by Crippen LogP contribution is 2.44. The Bertz CT molecular complexity index is 1150. The van der Waals surface area contributed by atoms with E-state index in [9.17, 15) is 19.5 Å². The molecule has 2 aromatic rings. The average Bonchev–Trinajstić information content (AvgIpc) is 3.38. The van der Waals surface area contributed by atoms with Crippen LogP contribution in [0.4, 0.5) is 4.79 Å². The first-order chi connectivity index (χ1) is 22.5. The van der Waals surface area contributed by atoms with Crippen LogP contribution in [0.5, 0.6) is 0 Å². The summed E-state index contributed by atoms with van der Waals surface area (Å²) in [7, 11) is 3.18. The Morgan fingerprint density at radius 2 is 1.17 bits per heavy atom. The second kappa shape index (κ2) is 21.3. The average molecular weight is 647 g/mol. The summed E-state index contributed by atoms with van der Waals surface area (Å²) in [5, 5.41) is 12.2. The molecular weight excluding hydrogens is 600 g/mol. The third-order valence-corrected chi connectivity index (χ3v) is 7.28. The van der Waals surface area contributed by atoms with Crippen molar-refractivity contribution < 1.29 is 52.6 Å². The fraction of sp³-hybridized carbons (Fsp3) is 0.545. The van der Waals surface area contributed by atoms with Crippen molar-refractivity contribution in [1.82, 2.24) is 10.2 Å². The molecule has 46 heavy (non-hydrogen) atoms. The van der Waals surface area contributed by atoms with Gasteiger partial charge in [-0.2, -0.15) is 0 Å². The second-order valence-corrected chi connectivity index (χ2v) is 10.4. The van der Waals surface area contributed by atoms with Crippen LogP contribution in [-0.2, 0) is 42.7 Å². The molecule has 2 N–H and O–H groups in total. The van der Waals surface area contributed by atoms with E-state index in [1.54, 1.807) is 14.2 Å². The summed E-state index contributed by atoms with van der Waals surface area (Å²) in [6.45, 7) is 4.06. The van der Waals surface area contributed by atoms with E-state index >= 15 is 0 Å². The Morgan fingerprint density at radius 3 is 1.65 bits per heavy atom. The van der Waals surface area contributed by atoms with Gasteiger partial charge in [0.2, 0.25) is 5.91 Å². The highest BCUT2D eigenvalue weighted by atomic mass is 16.6. The fourth-order valence-electron chi connectivity index (χ4n) is 4.93. The zero-order valence-corrected chi connectivity index (χ0v) is 26.6. The number of alkyl carbamates (subject to hydrolysis) is 1. The van der Waals surface area contributed by atoms with Crippen LogP contribution >= 0.6 is 0 Å². The molecule has 0 saturated carbocycles. The summed E-state index contributed by atoms with van der Waals surface area (Å²) in [4.78, 5) is 39.5. The van der Waals surface area contributed by atoms with Crippen molar-refractivity contribution in [1.29, 1.82) is 0 Å². The molecule has 2 aromatic carbocycles. The lowest BCUT2D eigenvalue weighted by molar-refractivity contribution is -0.143. The van der Waals surface area contributed by atoms with Crippen molar-refractivity contribution in [2.75, 3.05) is 100.0 Å². The van der Waals surface area contributed by atoms with Gasteiger partial charge >= 0.3 is 12.1 Å². The van der Waals surface area contributed by atoms with Crippen LogP contribution in [0.15, 0.2) is 48.5 Å². The number of hydrogen-bond donors (Lipinski definition) is 2. The van der Waals surface area contributed by atoms with Crippen LogP contribution in [0.1, 0.15) is 23.5 Å². The summed E-state index contributed by atoms with van der Waals surface area (Å²) < 4.78 is 37.3. The van der Waals surface area contributed by atoms with Gasteiger partial charge in [-0.3, -0.25) is 4.79 Å². The predicted molar refractivity (Wildman–Crippen MR) is 168 cm³/mol. The van der Waals surface area contributed by atoms with Crippen molar-refractivity contribution in [2.24, 2.45) is 0 Å². The SMILES string of the molecule is COCCOCCOCCN(CCOCCOCCOC)C(=O)C[C@H](NC(=O)OCC1c2ccccc2-c2ccccc21)C(=O)O. The molecule has 1 aliphatic carbocycles. The minimum absolute atomic E-state index is 0.0192. The molecule has 2 amide bonds. The van der Waals surface area contributed by atoms with Gasteiger partial charge in [0, 0.05) is 33.2 Å². The molecule has 0 spiro atoms. The van der Waals surface area contributed by atoms with Crippen molar-refractivity contribution in [3.8, 4) is 11.1 Å². The Labute approximate surface area is 270 Å². The van der Waals surface area contributed by atoms with Crippen molar-refractivity contribution in [2.45, 2.75) is 18.4 Å². The van der Waals surface area contributed by atoms with Gasteiger partial charge in [0.1, 0.15) is 12.6 Å². The molecule has 0 unspecified atom stereocenters. The monoisotopic (exact) mass is 646 g/mol. The highest BCUT2D eigenvalue weighted by Gasteiger charge is 2.31. The smallest absolute Gasteiger partial charge is 0.407 e. The number of fused-ring (bicyclic) bond motifs is 3. The summed E-state index contributed by atoms with van der Waals surface area (Å²) >= 11 is 0. The van der Waals surface area contributed by atoms with E-state index in [4.69, 9.17) is 33.2 Å². The van der Waals surface area contributed by atoms with Crippen molar-refractivity contribution in [3.05, 3.63) is 59.7 Å². The molecule has 13 nitrogen and oxygen atoms in total. The quantitative estimate of drug-likeness (QED) is 0.162. The number of aliphatic carboxylic acids is 1. The van der Waals surface area contributed by atoms with E-state index in [0.717, 1.165) is 22.3 Å². The minimum atomic E-state index is -1.49. The molecule has 3 rings (SSSR count). The first kappa shape index (κ1) is 36.9. The lowest BCUT2D eigenvalue weighted by atomic mass is 9.98. The van der Waals surface area contributed by atoms with Gasteiger partial charge < -0.3 is 48.5 Å². The Balaban J connectivity index is 1.51. The number of carboxylic acids is 1. The van der Waals surface area contributed by atoms with Gasteiger partial charge in [-0.15, -0.1) is 0 Å². The van der Waals surface area contributed by atoms with Gasteiger partial charge in [-0.25, -0.2) is 9.59 Å². The number of amides is 2. The molecule has 0 heterocycles. The lowest BCUT2D eigenvalue weighted by Crippen LogP contribution is -2.46. The minimum Gasteiger partial charge on any atom is -0.480 e. The van der Waals surface area contributed by atoms with E-state index in [1.165, 1.54) is 4.90 Å². The van der Waals surface area contributed by atoms with Gasteiger partial charge in [0.25, 0.3) is 0 Å². The fourth-order valence-corrected chi connectivity index (χ4v) is 4.93. The van der Waals surface area contributed by atoms with Crippen LogP contribution in [0.2, 0.25) is 0 Å². The zero-order chi connectivity index (χ0) is 33.0. The van der Waals surface area contributed by atoms with Crippen LogP contribution in [0.3, 0.4) is 0 Å². The number of carbonyl (C=O) groups is 3. The van der Waals surface area contributed by atoms with Gasteiger partial charge in [-0.05, 0) is 22.3 Å². The first-order valence-corrected chi connectivity index (χ1v) is 15.4. The molecule has 254 valence electrons. The second-order valence-electron chi connectivity index (χ2n) is 10.4. The third-order valence-electron chi connectivity index (χ3n) is 7.28. The van der Waals surface area contributed by atoms with Gasteiger partial charge in [-0.1, -0.05) is 48.5 Å². The molecule has 0 fully saturated rings.